The van der Waals surface area contributed by atoms with Crippen molar-refractivity contribution in [2.75, 3.05) is 36.5 Å². The van der Waals surface area contributed by atoms with Gasteiger partial charge in [-0.1, -0.05) is 30.3 Å². The number of ether oxygens (including phenoxy) is 1. The highest BCUT2D eigenvalue weighted by Gasteiger charge is 2.22. The normalized spacial score (nSPS) is 18.4. The number of anilines is 2. The molecule has 0 bridgehead atoms. The van der Waals surface area contributed by atoms with Crippen molar-refractivity contribution in [3.05, 3.63) is 59.7 Å². The summed E-state index contributed by atoms with van der Waals surface area (Å²) >= 11 is 0. The largest absolute Gasteiger partial charge is 0.376 e. The van der Waals surface area contributed by atoms with E-state index in [9.17, 15) is 9.59 Å². The van der Waals surface area contributed by atoms with Crippen LogP contribution in [-0.4, -0.2) is 44.2 Å². The molecule has 158 valence electrons. The van der Waals surface area contributed by atoms with Crippen LogP contribution in [-0.2, 0) is 16.0 Å². The van der Waals surface area contributed by atoms with Crippen LogP contribution in [0, 0.1) is 0 Å². The molecule has 0 spiro atoms. The Morgan fingerprint density at radius 1 is 1.03 bits per heavy atom. The molecule has 0 radical (unpaired) electrons. The quantitative estimate of drug-likeness (QED) is 0.738. The topological polar surface area (TPSA) is 70.7 Å². The maximum absolute atomic E-state index is 13.0. The van der Waals surface area contributed by atoms with E-state index in [1.807, 2.05) is 42.5 Å². The first-order valence-electron chi connectivity index (χ1n) is 10.8. The highest BCUT2D eigenvalue weighted by molar-refractivity contribution is 6.02. The second kappa shape index (κ2) is 9.76. The predicted octanol–water partition coefficient (Wildman–Crippen LogP) is 3.38. The van der Waals surface area contributed by atoms with Crippen LogP contribution in [0.25, 0.3) is 0 Å². The van der Waals surface area contributed by atoms with Gasteiger partial charge in [0.25, 0.3) is 5.91 Å². The third-order valence-corrected chi connectivity index (χ3v) is 5.69. The fraction of sp³-hybridized carbons (Fsp3) is 0.417. The zero-order valence-corrected chi connectivity index (χ0v) is 17.2. The second-order valence-electron chi connectivity index (χ2n) is 7.98. The van der Waals surface area contributed by atoms with Crippen molar-refractivity contribution in [3.8, 4) is 0 Å². The van der Waals surface area contributed by atoms with Crippen LogP contribution >= 0.6 is 0 Å². The van der Waals surface area contributed by atoms with Gasteiger partial charge in [0.15, 0.2) is 0 Å². The molecule has 2 aliphatic rings. The number of hydrogen-bond donors (Lipinski definition) is 2. The second-order valence-corrected chi connectivity index (χ2v) is 7.98. The molecule has 2 amide bonds. The Morgan fingerprint density at radius 2 is 1.83 bits per heavy atom. The van der Waals surface area contributed by atoms with Crippen LogP contribution in [0.1, 0.15) is 41.6 Å². The van der Waals surface area contributed by atoms with Crippen LogP contribution in [0.5, 0.6) is 0 Å². The summed E-state index contributed by atoms with van der Waals surface area (Å²) in [5, 5.41) is 5.96. The zero-order chi connectivity index (χ0) is 20.8. The number of carbonyl (C=O) groups is 2. The molecule has 0 unspecified atom stereocenters. The van der Waals surface area contributed by atoms with Gasteiger partial charge < -0.3 is 20.3 Å². The maximum atomic E-state index is 13.0. The van der Waals surface area contributed by atoms with Gasteiger partial charge in [-0.2, -0.15) is 0 Å². The van der Waals surface area contributed by atoms with Crippen LogP contribution in [0.2, 0.25) is 0 Å². The fourth-order valence-electron chi connectivity index (χ4n) is 4.12. The Hall–Kier alpha value is -2.86. The molecule has 2 aliphatic heterocycles. The summed E-state index contributed by atoms with van der Waals surface area (Å²) < 4.78 is 5.62. The van der Waals surface area contributed by atoms with E-state index >= 15 is 0 Å². The van der Waals surface area contributed by atoms with E-state index in [-0.39, 0.29) is 17.9 Å². The minimum Gasteiger partial charge on any atom is -0.376 e. The lowest BCUT2D eigenvalue weighted by Crippen LogP contribution is -2.33. The Bertz CT molecular complexity index is 873. The third kappa shape index (κ3) is 5.19. The monoisotopic (exact) mass is 407 g/mol. The minimum atomic E-state index is -0.119. The average Bonchev–Trinajstić information content (AvgIpc) is 3.47. The summed E-state index contributed by atoms with van der Waals surface area (Å²) in [6, 6.07) is 15.3. The molecule has 2 fully saturated rings. The summed E-state index contributed by atoms with van der Waals surface area (Å²) in [5.41, 5.74) is 3.13. The number of rotatable bonds is 7. The van der Waals surface area contributed by atoms with E-state index < -0.39 is 0 Å². The Morgan fingerprint density at radius 3 is 2.57 bits per heavy atom. The minimum absolute atomic E-state index is 0.0953. The van der Waals surface area contributed by atoms with E-state index in [0.29, 0.717) is 24.2 Å². The SMILES string of the molecule is O=C(Cc1ccccc1)Nc1ccc(N2CCCC2)c(C(=O)NC[C@H]2CCCO2)c1. The van der Waals surface area contributed by atoms with Gasteiger partial charge in [0, 0.05) is 37.6 Å². The molecular weight excluding hydrogens is 378 g/mol. The lowest BCUT2D eigenvalue weighted by atomic mass is 10.1. The third-order valence-electron chi connectivity index (χ3n) is 5.69. The molecule has 0 saturated carbocycles. The highest BCUT2D eigenvalue weighted by atomic mass is 16.5. The molecule has 2 aromatic carbocycles. The van der Waals surface area contributed by atoms with Gasteiger partial charge in [0.2, 0.25) is 5.91 Å². The van der Waals surface area contributed by atoms with Crippen molar-refractivity contribution in [1.29, 1.82) is 0 Å². The van der Waals surface area contributed by atoms with Crippen LogP contribution in [0.4, 0.5) is 11.4 Å². The van der Waals surface area contributed by atoms with Crippen LogP contribution in [0.3, 0.4) is 0 Å². The van der Waals surface area contributed by atoms with Gasteiger partial charge in [-0.05, 0) is 49.4 Å². The van der Waals surface area contributed by atoms with Crippen molar-refractivity contribution >= 4 is 23.2 Å². The number of hydrogen-bond acceptors (Lipinski definition) is 4. The lowest BCUT2D eigenvalue weighted by Gasteiger charge is -2.22. The number of nitrogens with zero attached hydrogens (tertiary/aromatic N) is 1. The lowest BCUT2D eigenvalue weighted by molar-refractivity contribution is -0.115. The molecule has 2 aromatic rings. The van der Waals surface area contributed by atoms with Gasteiger partial charge in [-0.15, -0.1) is 0 Å². The van der Waals surface area contributed by atoms with E-state index in [2.05, 4.69) is 15.5 Å². The molecule has 4 rings (SSSR count). The standard InChI is InChI=1S/C24H29N3O3/c28-23(15-18-7-2-1-3-8-18)26-19-10-11-22(27-12-4-5-13-27)21(16-19)24(29)25-17-20-9-6-14-30-20/h1-3,7-8,10-11,16,20H,4-6,9,12-15,17H2,(H,25,29)(H,26,28)/t20-/m1/s1. The molecule has 6 nitrogen and oxygen atoms in total. The highest BCUT2D eigenvalue weighted by Crippen LogP contribution is 2.28. The average molecular weight is 408 g/mol. The summed E-state index contributed by atoms with van der Waals surface area (Å²) in [4.78, 5) is 27.7. The van der Waals surface area contributed by atoms with Crippen molar-refractivity contribution in [2.45, 2.75) is 38.2 Å². The number of nitrogens with one attached hydrogen (secondary N) is 2. The van der Waals surface area contributed by atoms with Crippen LogP contribution in [0.15, 0.2) is 48.5 Å². The van der Waals surface area contributed by atoms with Crippen molar-refractivity contribution in [2.24, 2.45) is 0 Å². The summed E-state index contributed by atoms with van der Waals surface area (Å²) in [6.45, 7) is 3.18. The van der Waals surface area contributed by atoms with E-state index in [4.69, 9.17) is 4.74 Å². The first kappa shape index (κ1) is 20.4. The molecule has 2 N–H and O–H groups in total. The Kier molecular flexibility index (Phi) is 6.64. The van der Waals surface area contributed by atoms with Crippen molar-refractivity contribution < 1.29 is 14.3 Å². The maximum Gasteiger partial charge on any atom is 0.253 e. The zero-order valence-electron chi connectivity index (χ0n) is 17.2. The van der Waals surface area contributed by atoms with Gasteiger partial charge in [0.05, 0.1) is 18.1 Å². The predicted molar refractivity (Wildman–Crippen MR) is 118 cm³/mol. The summed E-state index contributed by atoms with van der Waals surface area (Å²) in [5.74, 6) is -0.215. The number of carbonyl (C=O) groups excluding carboxylic acids is 2. The van der Waals surface area contributed by atoms with Crippen molar-refractivity contribution in [1.82, 2.24) is 5.32 Å². The first-order chi connectivity index (χ1) is 14.7. The number of benzene rings is 2. The fourth-order valence-corrected chi connectivity index (χ4v) is 4.12. The van der Waals surface area contributed by atoms with E-state index in [1.54, 1.807) is 6.07 Å². The van der Waals surface area contributed by atoms with E-state index in [1.165, 1.54) is 0 Å². The van der Waals surface area contributed by atoms with Gasteiger partial charge in [-0.3, -0.25) is 9.59 Å². The molecule has 1 atom stereocenters. The van der Waals surface area contributed by atoms with Crippen molar-refractivity contribution in [3.63, 3.8) is 0 Å². The first-order valence-corrected chi connectivity index (χ1v) is 10.8. The number of amides is 2. The Balaban J connectivity index is 1.48. The Labute approximate surface area is 177 Å². The smallest absolute Gasteiger partial charge is 0.253 e. The summed E-state index contributed by atoms with van der Waals surface area (Å²) in [7, 11) is 0. The molecule has 30 heavy (non-hydrogen) atoms. The summed E-state index contributed by atoms with van der Waals surface area (Å²) in [6.07, 6.45) is 4.68. The van der Waals surface area contributed by atoms with Gasteiger partial charge in [0.1, 0.15) is 0 Å². The van der Waals surface area contributed by atoms with Crippen LogP contribution < -0.4 is 15.5 Å². The van der Waals surface area contributed by atoms with Gasteiger partial charge in [-0.25, -0.2) is 0 Å². The molecule has 2 saturated heterocycles. The molecule has 0 aromatic heterocycles. The molecule has 0 aliphatic carbocycles. The molecule has 6 heteroatoms. The van der Waals surface area contributed by atoms with Gasteiger partial charge >= 0.3 is 0 Å². The molecule has 2 heterocycles. The molecular formula is C24H29N3O3. The van der Waals surface area contributed by atoms with E-state index in [0.717, 1.165) is 56.6 Å².